The van der Waals surface area contributed by atoms with Crippen LogP contribution in [0.3, 0.4) is 0 Å². The molecule has 2 aromatic heterocycles. The van der Waals surface area contributed by atoms with Crippen molar-refractivity contribution in [2.24, 2.45) is 5.92 Å². The first-order chi connectivity index (χ1) is 15.3. The van der Waals surface area contributed by atoms with Crippen molar-refractivity contribution >= 4 is 15.9 Å². The monoisotopic (exact) mass is 453 g/mol. The molecule has 1 aliphatic heterocycles. The van der Waals surface area contributed by atoms with E-state index < -0.39 is 10.0 Å². The highest BCUT2D eigenvalue weighted by Gasteiger charge is 2.32. The molecule has 0 spiro atoms. The average Bonchev–Trinajstić information content (AvgIpc) is 3.32. The molecular weight excluding hydrogens is 426 g/mol. The molecule has 1 N–H and O–H groups in total. The minimum Gasteiger partial charge on any atom is -0.352 e. The molecule has 0 radical (unpaired) electrons. The molecular formula is C23H27N5O3S. The third kappa shape index (κ3) is 4.73. The van der Waals surface area contributed by atoms with Crippen molar-refractivity contribution in [2.75, 3.05) is 13.1 Å². The Kier molecular flexibility index (Phi) is 6.38. The van der Waals surface area contributed by atoms with Gasteiger partial charge in [0.15, 0.2) is 5.82 Å². The topological polar surface area (TPSA) is 97.2 Å². The Morgan fingerprint density at radius 1 is 1.12 bits per heavy atom. The molecule has 32 heavy (non-hydrogen) atoms. The van der Waals surface area contributed by atoms with E-state index in [1.54, 1.807) is 23.1 Å². The molecule has 9 heteroatoms. The number of carbonyl (C=O) groups is 1. The SMILES string of the molecule is Cc1ccc(S(=O)(=O)N2CCC(C(=O)NCc3ccnc(-n4cccn4)c3)CC2)c(C)c1. The van der Waals surface area contributed by atoms with E-state index in [9.17, 15) is 13.2 Å². The van der Waals surface area contributed by atoms with Gasteiger partial charge in [-0.05, 0) is 62.1 Å². The fourth-order valence-corrected chi connectivity index (χ4v) is 5.70. The number of pyridine rings is 1. The number of hydrogen-bond donors (Lipinski definition) is 1. The first-order valence-electron chi connectivity index (χ1n) is 10.6. The zero-order valence-corrected chi connectivity index (χ0v) is 19.0. The van der Waals surface area contributed by atoms with E-state index in [4.69, 9.17) is 0 Å². The lowest BCUT2D eigenvalue weighted by atomic mass is 9.97. The van der Waals surface area contributed by atoms with E-state index in [1.165, 1.54) is 4.31 Å². The van der Waals surface area contributed by atoms with E-state index in [2.05, 4.69) is 15.4 Å². The van der Waals surface area contributed by atoms with Crippen molar-refractivity contribution < 1.29 is 13.2 Å². The fourth-order valence-electron chi connectivity index (χ4n) is 4.02. The Morgan fingerprint density at radius 2 is 1.91 bits per heavy atom. The summed E-state index contributed by atoms with van der Waals surface area (Å²) in [5.74, 6) is 0.436. The van der Waals surface area contributed by atoms with Gasteiger partial charge < -0.3 is 5.32 Å². The zero-order valence-electron chi connectivity index (χ0n) is 18.2. The highest BCUT2D eigenvalue weighted by Crippen LogP contribution is 2.26. The van der Waals surface area contributed by atoms with Crippen LogP contribution in [-0.2, 0) is 21.4 Å². The predicted molar refractivity (Wildman–Crippen MR) is 121 cm³/mol. The largest absolute Gasteiger partial charge is 0.352 e. The Hall–Kier alpha value is -3.04. The Morgan fingerprint density at radius 3 is 2.59 bits per heavy atom. The van der Waals surface area contributed by atoms with Crippen molar-refractivity contribution in [3.05, 3.63) is 71.7 Å². The molecule has 0 bridgehead atoms. The summed E-state index contributed by atoms with van der Waals surface area (Å²) in [6.45, 7) is 4.82. The number of piperidine rings is 1. The molecule has 0 atom stereocenters. The highest BCUT2D eigenvalue weighted by atomic mass is 32.2. The van der Waals surface area contributed by atoms with Gasteiger partial charge in [-0.2, -0.15) is 9.40 Å². The van der Waals surface area contributed by atoms with E-state index in [0.29, 0.717) is 43.2 Å². The third-order valence-corrected chi connectivity index (χ3v) is 7.85. The molecule has 0 saturated carbocycles. The molecule has 0 unspecified atom stereocenters. The van der Waals surface area contributed by atoms with Gasteiger partial charge in [0.05, 0.1) is 4.90 Å². The number of benzene rings is 1. The predicted octanol–water partition coefficient (Wildman–Crippen LogP) is 2.60. The molecule has 1 aromatic carbocycles. The van der Waals surface area contributed by atoms with Gasteiger partial charge in [0.2, 0.25) is 15.9 Å². The smallest absolute Gasteiger partial charge is 0.243 e. The lowest BCUT2D eigenvalue weighted by Crippen LogP contribution is -2.43. The van der Waals surface area contributed by atoms with Gasteiger partial charge in [0.1, 0.15) is 0 Å². The van der Waals surface area contributed by atoms with E-state index in [0.717, 1.165) is 16.7 Å². The van der Waals surface area contributed by atoms with Crippen LogP contribution in [0.1, 0.15) is 29.5 Å². The maximum absolute atomic E-state index is 13.0. The molecule has 3 heterocycles. The van der Waals surface area contributed by atoms with Gasteiger partial charge in [-0.3, -0.25) is 4.79 Å². The molecule has 1 saturated heterocycles. The van der Waals surface area contributed by atoms with Crippen molar-refractivity contribution in [1.82, 2.24) is 24.4 Å². The number of rotatable bonds is 6. The minimum atomic E-state index is -3.55. The number of amides is 1. The minimum absolute atomic E-state index is 0.0500. The molecule has 0 aliphatic carbocycles. The second-order valence-electron chi connectivity index (χ2n) is 8.14. The summed E-state index contributed by atoms with van der Waals surface area (Å²) in [4.78, 5) is 17.3. The first kappa shape index (κ1) is 22.2. The summed E-state index contributed by atoms with van der Waals surface area (Å²) in [6, 6.07) is 10.9. The van der Waals surface area contributed by atoms with Crippen LogP contribution < -0.4 is 5.32 Å². The lowest BCUT2D eigenvalue weighted by Gasteiger charge is -2.31. The van der Waals surface area contributed by atoms with Crippen LogP contribution >= 0.6 is 0 Å². The Labute approximate surface area is 188 Å². The zero-order chi connectivity index (χ0) is 22.7. The molecule has 1 aliphatic rings. The van der Waals surface area contributed by atoms with Gasteiger partial charge in [0.25, 0.3) is 0 Å². The summed E-state index contributed by atoms with van der Waals surface area (Å²) in [7, 11) is -3.55. The molecule has 3 aromatic rings. The van der Waals surface area contributed by atoms with Crippen LogP contribution in [0, 0.1) is 19.8 Å². The maximum atomic E-state index is 13.0. The molecule has 4 rings (SSSR count). The van der Waals surface area contributed by atoms with Crippen molar-refractivity contribution in [3.63, 3.8) is 0 Å². The van der Waals surface area contributed by atoms with Gasteiger partial charge in [-0.1, -0.05) is 17.7 Å². The van der Waals surface area contributed by atoms with Crippen LogP contribution in [-0.4, -0.2) is 46.5 Å². The summed E-state index contributed by atoms with van der Waals surface area (Å²) in [5, 5.41) is 7.15. The standard InChI is InChI=1S/C23H27N5O3S/c1-17-4-5-21(18(2)14-17)32(30,31)27-12-7-20(8-13-27)23(29)25-16-19-6-10-24-22(15-19)28-11-3-9-26-28/h3-6,9-11,14-15,20H,7-8,12-13,16H2,1-2H3,(H,25,29). The summed E-state index contributed by atoms with van der Waals surface area (Å²) in [5.41, 5.74) is 2.70. The number of carbonyl (C=O) groups excluding carboxylic acids is 1. The van der Waals surface area contributed by atoms with Gasteiger partial charge in [-0.15, -0.1) is 0 Å². The maximum Gasteiger partial charge on any atom is 0.243 e. The molecule has 168 valence electrons. The Bertz CT molecular complexity index is 1200. The lowest BCUT2D eigenvalue weighted by molar-refractivity contribution is -0.126. The number of aromatic nitrogens is 3. The molecule has 1 amide bonds. The van der Waals surface area contributed by atoms with Crippen molar-refractivity contribution in [1.29, 1.82) is 0 Å². The van der Waals surface area contributed by atoms with Gasteiger partial charge >= 0.3 is 0 Å². The first-order valence-corrected chi connectivity index (χ1v) is 12.1. The summed E-state index contributed by atoms with van der Waals surface area (Å²) < 4.78 is 29.3. The van der Waals surface area contributed by atoms with Crippen molar-refractivity contribution in [3.8, 4) is 5.82 Å². The summed E-state index contributed by atoms with van der Waals surface area (Å²) >= 11 is 0. The van der Waals surface area contributed by atoms with Crippen LogP contribution in [0.5, 0.6) is 0 Å². The van der Waals surface area contributed by atoms with Gasteiger partial charge in [-0.25, -0.2) is 18.1 Å². The van der Waals surface area contributed by atoms with Crippen LogP contribution in [0.15, 0.2) is 59.9 Å². The number of hydrogen-bond acceptors (Lipinski definition) is 5. The van der Waals surface area contributed by atoms with Crippen LogP contribution in [0.25, 0.3) is 5.82 Å². The average molecular weight is 454 g/mol. The summed E-state index contributed by atoms with van der Waals surface area (Å²) in [6.07, 6.45) is 6.19. The highest BCUT2D eigenvalue weighted by molar-refractivity contribution is 7.89. The van der Waals surface area contributed by atoms with E-state index in [-0.39, 0.29) is 11.8 Å². The van der Waals surface area contributed by atoms with Crippen LogP contribution in [0.2, 0.25) is 0 Å². The van der Waals surface area contributed by atoms with E-state index >= 15 is 0 Å². The molecule has 1 fully saturated rings. The van der Waals surface area contributed by atoms with Crippen LogP contribution in [0.4, 0.5) is 0 Å². The number of sulfonamides is 1. The second-order valence-corrected chi connectivity index (χ2v) is 10.0. The van der Waals surface area contributed by atoms with Crippen molar-refractivity contribution in [2.45, 2.75) is 38.1 Å². The number of nitrogens with zero attached hydrogens (tertiary/aromatic N) is 4. The molecule has 8 nitrogen and oxygen atoms in total. The number of aryl methyl sites for hydroxylation is 2. The number of nitrogens with one attached hydrogen (secondary N) is 1. The fraction of sp³-hybridized carbons (Fsp3) is 0.348. The quantitative estimate of drug-likeness (QED) is 0.619. The normalized spacial score (nSPS) is 15.6. The van der Waals surface area contributed by atoms with E-state index in [1.807, 2.05) is 50.4 Å². The van der Waals surface area contributed by atoms with Gasteiger partial charge in [0, 0.05) is 44.1 Å². The second kappa shape index (κ2) is 9.22. The Balaban J connectivity index is 1.33. The third-order valence-electron chi connectivity index (χ3n) is 5.79.